The van der Waals surface area contributed by atoms with Gasteiger partial charge in [-0.25, -0.2) is 4.39 Å². The van der Waals surface area contributed by atoms with Crippen molar-refractivity contribution in [3.05, 3.63) is 34.6 Å². The van der Waals surface area contributed by atoms with E-state index in [1.165, 1.54) is 25.0 Å². The van der Waals surface area contributed by atoms with Crippen LogP contribution in [0, 0.1) is 11.7 Å². The Kier molecular flexibility index (Phi) is 2.73. The first-order chi connectivity index (χ1) is 7.08. The van der Waals surface area contributed by atoms with Gasteiger partial charge < -0.3 is 5.73 Å². The molecule has 1 aliphatic carbocycles. The lowest BCUT2D eigenvalue weighted by atomic mass is 9.78. The van der Waals surface area contributed by atoms with Gasteiger partial charge >= 0.3 is 0 Å². The molecule has 15 heavy (non-hydrogen) atoms. The van der Waals surface area contributed by atoms with E-state index >= 15 is 0 Å². The van der Waals surface area contributed by atoms with Crippen LogP contribution in [0.15, 0.2) is 18.2 Å². The summed E-state index contributed by atoms with van der Waals surface area (Å²) in [6, 6.07) is 4.52. The Morgan fingerprint density at radius 3 is 2.73 bits per heavy atom. The second-order valence-corrected chi connectivity index (χ2v) is 4.93. The number of halogens is 2. The number of benzene rings is 1. The summed E-state index contributed by atoms with van der Waals surface area (Å²) in [7, 11) is 0. The molecule has 1 unspecified atom stereocenters. The Bertz CT molecular complexity index is 376. The molecule has 0 spiro atoms. The summed E-state index contributed by atoms with van der Waals surface area (Å²) < 4.78 is 13.2. The van der Waals surface area contributed by atoms with Crippen LogP contribution < -0.4 is 5.73 Å². The fourth-order valence-electron chi connectivity index (χ4n) is 2.15. The minimum atomic E-state index is -0.241. The molecule has 1 saturated carbocycles. The van der Waals surface area contributed by atoms with Gasteiger partial charge in [0.1, 0.15) is 5.82 Å². The van der Waals surface area contributed by atoms with E-state index in [2.05, 4.69) is 6.92 Å². The van der Waals surface area contributed by atoms with Crippen LogP contribution in [0.4, 0.5) is 4.39 Å². The standard InChI is InChI=1S/C12H15ClFN/c1-12(7-15,8-2-3-8)10-6-9(14)4-5-11(10)13/h4-6,8H,2-3,7,15H2,1H3. The highest BCUT2D eigenvalue weighted by molar-refractivity contribution is 6.31. The highest BCUT2D eigenvalue weighted by Gasteiger charge is 2.42. The van der Waals surface area contributed by atoms with Crippen molar-refractivity contribution >= 4 is 11.6 Å². The predicted octanol–water partition coefficient (Wildman–Crippen LogP) is 3.11. The molecule has 1 nitrogen and oxygen atoms in total. The normalized spacial score (nSPS) is 20.0. The van der Waals surface area contributed by atoms with Gasteiger partial charge in [-0.1, -0.05) is 18.5 Å². The minimum absolute atomic E-state index is 0.167. The van der Waals surface area contributed by atoms with Crippen LogP contribution in [0.25, 0.3) is 0 Å². The summed E-state index contributed by atoms with van der Waals surface area (Å²) in [6.45, 7) is 2.59. The van der Waals surface area contributed by atoms with E-state index in [1.54, 1.807) is 6.07 Å². The lowest BCUT2D eigenvalue weighted by molar-refractivity contribution is 0.418. The molecule has 0 aromatic heterocycles. The van der Waals surface area contributed by atoms with Crippen molar-refractivity contribution in [2.75, 3.05) is 6.54 Å². The first kappa shape index (κ1) is 10.9. The molecular weight excluding hydrogens is 213 g/mol. The molecule has 0 saturated heterocycles. The number of rotatable bonds is 3. The first-order valence-corrected chi connectivity index (χ1v) is 5.61. The quantitative estimate of drug-likeness (QED) is 0.844. The van der Waals surface area contributed by atoms with Crippen LogP contribution in [0.5, 0.6) is 0 Å². The van der Waals surface area contributed by atoms with Crippen molar-refractivity contribution in [1.82, 2.24) is 0 Å². The van der Waals surface area contributed by atoms with Gasteiger partial charge in [0, 0.05) is 17.0 Å². The molecule has 0 bridgehead atoms. The van der Waals surface area contributed by atoms with Gasteiger partial charge in [-0.15, -0.1) is 0 Å². The zero-order chi connectivity index (χ0) is 11.1. The van der Waals surface area contributed by atoms with Gasteiger partial charge in [-0.05, 0) is 42.5 Å². The average molecular weight is 228 g/mol. The molecule has 1 aromatic rings. The molecule has 0 radical (unpaired) electrons. The van der Waals surface area contributed by atoms with E-state index in [0.29, 0.717) is 17.5 Å². The summed E-state index contributed by atoms with van der Waals surface area (Å²) >= 11 is 6.11. The second kappa shape index (κ2) is 3.76. The molecule has 1 fully saturated rings. The summed E-state index contributed by atoms with van der Waals surface area (Å²) in [4.78, 5) is 0. The molecule has 1 aliphatic rings. The van der Waals surface area contributed by atoms with Crippen LogP contribution in [-0.2, 0) is 5.41 Å². The summed E-state index contributed by atoms with van der Waals surface area (Å²) in [5.74, 6) is 0.316. The third-order valence-electron chi connectivity index (χ3n) is 3.45. The topological polar surface area (TPSA) is 26.0 Å². The van der Waals surface area contributed by atoms with Crippen LogP contribution in [0.3, 0.4) is 0 Å². The van der Waals surface area contributed by atoms with Gasteiger partial charge in [-0.3, -0.25) is 0 Å². The zero-order valence-electron chi connectivity index (χ0n) is 8.76. The number of hydrogen-bond donors (Lipinski definition) is 1. The molecular formula is C12H15ClFN. The van der Waals surface area contributed by atoms with Crippen LogP contribution in [-0.4, -0.2) is 6.54 Å². The van der Waals surface area contributed by atoms with Gasteiger partial charge in [0.15, 0.2) is 0 Å². The van der Waals surface area contributed by atoms with Gasteiger partial charge in [0.2, 0.25) is 0 Å². The fourth-order valence-corrected chi connectivity index (χ4v) is 2.49. The zero-order valence-corrected chi connectivity index (χ0v) is 9.52. The third kappa shape index (κ3) is 1.88. The van der Waals surface area contributed by atoms with Crippen LogP contribution in [0.2, 0.25) is 5.02 Å². The summed E-state index contributed by atoms with van der Waals surface area (Å²) in [5, 5.41) is 0.622. The lowest BCUT2D eigenvalue weighted by Gasteiger charge is -2.29. The van der Waals surface area contributed by atoms with E-state index < -0.39 is 0 Å². The highest BCUT2D eigenvalue weighted by Crippen LogP contribution is 2.48. The van der Waals surface area contributed by atoms with Crippen molar-refractivity contribution < 1.29 is 4.39 Å². The first-order valence-electron chi connectivity index (χ1n) is 5.23. The average Bonchev–Trinajstić information content (AvgIpc) is 3.04. The molecule has 82 valence electrons. The Balaban J connectivity index is 2.45. The maximum absolute atomic E-state index is 13.2. The third-order valence-corrected chi connectivity index (χ3v) is 3.78. The Morgan fingerprint density at radius 2 is 2.20 bits per heavy atom. The van der Waals surface area contributed by atoms with Crippen molar-refractivity contribution in [2.24, 2.45) is 11.7 Å². The maximum atomic E-state index is 13.2. The Hall–Kier alpha value is -0.600. The van der Waals surface area contributed by atoms with E-state index in [1.807, 2.05) is 0 Å². The van der Waals surface area contributed by atoms with Crippen molar-refractivity contribution in [1.29, 1.82) is 0 Å². The Morgan fingerprint density at radius 1 is 1.53 bits per heavy atom. The molecule has 0 heterocycles. The van der Waals surface area contributed by atoms with Crippen molar-refractivity contribution in [3.63, 3.8) is 0 Å². The summed E-state index contributed by atoms with van der Waals surface area (Å²) in [5.41, 5.74) is 6.51. The minimum Gasteiger partial charge on any atom is -0.330 e. The summed E-state index contributed by atoms with van der Waals surface area (Å²) in [6.07, 6.45) is 2.33. The highest BCUT2D eigenvalue weighted by atomic mass is 35.5. The molecule has 0 amide bonds. The molecule has 1 atom stereocenters. The largest absolute Gasteiger partial charge is 0.330 e. The van der Waals surface area contributed by atoms with Crippen molar-refractivity contribution in [2.45, 2.75) is 25.2 Å². The SMILES string of the molecule is CC(CN)(c1cc(F)ccc1Cl)C1CC1. The van der Waals surface area contributed by atoms with Crippen LogP contribution >= 0.6 is 11.6 Å². The fraction of sp³-hybridized carbons (Fsp3) is 0.500. The molecule has 2 rings (SSSR count). The molecule has 1 aromatic carbocycles. The molecule has 0 aliphatic heterocycles. The van der Waals surface area contributed by atoms with Gasteiger partial charge in [0.05, 0.1) is 0 Å². The maximum Gasteiger partial charge on any atom is 0.123 e. The van der Waals surface area contributed by atoms with Crippen LogP contribution in [0.1, 0.15) is 25.3 Å². The number of hydrogen-bond acceptors (Lipinski definition) is 1. The second-order valence-electron chi connectivity index (χ2n) is 4.52. The lowest BCUT2D eigenvalue weighted by Crippen LogP contribution is -2.34. The smallest absolute Gasteiger partial charge is 0.123 e. The van der Waals surface area contributed by atoms with E-state index in [0.717, 1.165) is 5.56 Å². The van der Waals surface area contributed by atoms with E-state index in [4.69, 9.17) is 17.3 Å². The molecule has 2 N–H and O–H groups in total. The van der Waals surface area contributed by atoms with E-state index in [9.17, 15) is 4.39 Å². The number of nitrogens with two attached hydrogens (primary N) is 1. The van der Waals surface area contributed by atoms with Gasteiger partial charge in [-0.2, -0.15) is 0 Å². The monoisotopic (exact) mass is 227 g/mol. The Labute approximate surface area is 94.4 Å². The predicted molar refractivity (Wildman–Crippen MR) is 60.5 cm³/mol. The van der Waals surface area contributed by atoms with E-state index in [-0.39, 0.29) is 11.2 Å². The molecule has 3 heteroatoms. The van der Waals surface area contributed by atoms with Gasteiger partial charge in [0.25, 0.3) is 0 Å². The van der Waals surface area contributed by atoms with Crippen molar-refractivity contribution in [3.8, 4) is 0 Å².